The van der Waals surface area contributed by atoms with Gasteiger partial charge in [0.2, 0.25) is 0 Å². The quantitative estimate of drug-likeness (QED) is 0.522. The molecule has 2 aromatic carbocycles. The number of benzene rings is 2. The minimum Gasteiger partial charge on any atom is -0.497 e. The van der Waals surface area contributed by atoms with Gasteiger partial charge in [-0.25, -0.2) is 4.79 Å². The number of carbonyl (C=O) groups is 1. The van der Waals surface area contributed by atoms with Crippen molar-refractivity contribution in [2.24, 2.45) is 0 Å². The maximum atomic E-state index is 12.5. The van der Waals surface area contributed by atoms with Crippen molar-refractivity contribution in [1.82, 2.24) is 25.5 Å². The number of carbonyl (C=O) groups excluding carboxylic acids is 1. The Morgan fingerprint density at radius 2 is 1.89 bits per heavy atom. The van der Waals surface area contributed by atoms with Crippen molar-refractivity contribution >= 4 is 17.4 Å². The third-order valence-corrected chi connectivity index (χ3v) is 6.01. The first-order chi connectivity index (χ1) is 17.0. The number of hydrogen-bond acceptors (Lipinski definition) is 9. The molecule has 2 aliphatic rings. The van der Waals surface area contributed by atoms with E-state index in [4.69, 9.17) is 18.9 Å². The number of amides is 2. The van der Waals surface area contributed by atoms with Gasteiger partial charge >= 0.3 is 12.0 Å². The van der Waals surface area contributed by atoms with Crippen molar-refractivity contribution in [2.45, 2.75) is 24.3 Å². The van der Waals surface area contributed by atoms with E-state index in [0.29, 0.717) is 30.4 Å². The van der Waals surface area contributed by atoms with Crippen molar-refractivity contribution in [3.63, 3.8) is 0 Å². The molecule has 1 aromatic heterocycles. The molecular weight excluding hydrogens is 454 g/mol. The smallest absolute Gasteiger partial charge is 0.341 e. The fourth-order valence-electron chi connectivity index (χ4n) is 4.21. The maximum absolute atomic E-state index is 12.5. The second-order valence-corrected chi connectivity index (χ2v) is 8.50. The number of fused-ring (bicyclic) bond motifs is 1. The zero-order valence-corrected chi connectivity index (χ0v) is 19.6. The van der Waals surface area contributed by atoms with E-state index in [2.05, 4.69) is 26.2 Å². The van der Waals surface area contributed by atoms with E-state index < -0.39 is 0 Å². The molecule has 3 heterocycles. The van der Waals surface area contributed by atoms with Crippen LogP contribution in [0.4, 0.5) is 16.2 Å². The Morgan fingerprint density at radius 3 is 2.66 bits per heavy atom. The largest absolute Gasteiger partial charge is 0.497 e. The van der Waals surface area contributed by atoms with Crippen molar-refractivity contribution in [2.75, 3.05) is 44.6 Å². The predicted octanol–water partition coefficient (Wildman–Crippen LogP) is 2.07. The monoisotopic (exact) mass is 481 g/mol. The lowest BCUT2D eigenvalue weighted by atomic mass is 10.1. The summed E-state index contributed by atoms with van der Waals surface area (Å²) in [5, 5.41) is 17.7. The lowest BCUT2D eigenvalue weighted by molar-refractivity contribution is 0.0613. The third-order valence-electron chi connectivity index (χ3n) is 6.01. The summed E-state index contributed by atoms with van der Waals surface area (Å²) in [5.74, 6) is 1.33. The van der Waals surface area contributed by atoms with Gasteiger partial charge in [-0.1, -0.05) is 11.2 Å². The van der Waals surface area contributed by atoms with Gasteiger partial charge in [0.1, 0.15) is 29.7 Å². The summed E-state index contributed by atoms with van der Waals surface area (Å²) in [4.78, 5) is 14.5. The van der Waals surface area contributed by atoms with Gasteiger partial charge in [0.05, 0.1) is 26.4 Å². The van der Waals surface area contributed by atoms with E-state index in [-0.39, 0.29) is 36.3 Å². The Bertz CT molecular complexity index is 1170. The molecule has 2 N–H and O–H groups in total. The normalized spacial score (nSPS) is 22.9. The highest BCUT2D eigenvalue weighted by atomic mass is 16.6. The van der Waals surface area contributed by atoms with Gasteiger partial charge in [-0.15, -0.1) is 0 Å². The fourth-order valence-corrected chi connectivity index (χ4v) is 4.21. The second-order valence-electron chi connectivity index (χ2n) is 8.50. The van der Waals surface area contributed by atoms with Crippen LogP contribution in [0, 0.1) is 0 Å². The Morgan fingerprint density at radius 1 is 1.09 bits per heavy atom. The molecule has 0 bridgehead atoms. The van der Waals surface area contributed by atoms with Crippen LogP contribution in [0.2, 0.25) is 0 Å². The molecule has 2 amide bonds. The lowest BCUT2D eigenvalue weighted by Crippen LogP contribution is -2.45. The van der Waals surface area contributed by atoms with Crippen LogP contribution in [-0.2, 0) is 9.47 Å². The van der Waals surface area contributed by atoms with Crippen LogP contribution in [0.3, 0.4) is 0 Å². The molecule has 12 heteroatoms. The molecule has 0 saturated carbocycles. The number of urea groups is 1. The summed E-state index contributed by atoms with van der Waals surface area (Å²) >= 11 is 0. The van der Waals surface area contributed by atoms with E-state index in [0.717, 1.165) is 5.69 Å². The summed E-state index contributed by atoms with van der Waals surface area (Å²) in [5.41, 5.74) is 1.64. The first-order valence-corrected chi connectivity index (χ1v) is 11.2. The Kier molecular flexibility index (Phi) is 6.38. The number of ether oxygens (including phenoxy) is 4. The van der Waals surface area contributed by atoms with E-state index in [1.54, 1.807) is 36.1 Å². The fraction of sp³-hybridized carbons (Fsp3) is 0.391. The molecule has 0 aliphatic carbocycles. The highest BCUT2D eigenvalue weighted by molar-refractivity contribution is 5.89. The summed E-state index contributed by atoms with van der Waals surface area (Å²) in [7, 11) is 5.50. The number of hydrogen-bond donors (Lipinski definition) is 2. The van der Waals surface area contributed by atoms with Gasteiger partial charge in [0.25, 0.3) is 0 Å². The van der Waals surface area contributed by atoms with Crippen molar-refractivity contribution in [1.29, 1.82) is 0 Å². The molecule has 0 unspecified atom stereocenters. The molecule has 3 aromatic rings. The number of tetrazole rings is 1. The van der Waals surface area contributed by atoms with E-state index in [1.165, 1.54) is 0 Å². The molecule has 12 nitrogen and oxygen atoms in total. The molecule has 4 atom stereocenters. The molecule has 184 valence electrons. The van der Waals surface area contributed by atoms with E-state index in [9.17, 15) is 4.79 Å². The zero-order valence-electron chi connectivity index (χ0n) is 19.6. The van der Waals surface area contributed by atoms with Crippen molar-refractivity contribution in [3.8, 4) is 17.5 Å². The number of nitrogens with zero attached hydrogens (tertiary/aromatic N) is 5. The van der Waals surface area contributed by atoms with Gasteiger partial charge in [0.15, 0.2) is 0 Å². The van der Waals surface area contributed by atoms with Crippen LogP contribution in [0.15, 0.2) is 48.5 Å². The van der Waals surface area contributed by atoms with Crippen LogP contribution in [0.5, 0.6) is 17.5 Å². The SMILES string of the molecule is COc1ccc(NC(=O)N[C@H]2CO[C@H]3[C@@H]2OC[C@@H]3n2nnnc2Oc2cccc(N(C)C)c2)cc1. The molecule has 35 heavy (non-hydrogen) atoms. The average Bonchev–Trinajstić information content (AvgIpc) is 3.58. The van der Waals surface area contributed by atoms with Crippen molar-refractivity contribution < 1.29 is 23.7 Å². The Labute approximate surface area is 202 Å². The molecule has 2 fully saturated rings. The third kappa shape index (κ3) is 4.84. The van der Waals surface area contributed by atoms with Crippen LogP contribution < -0.4 is 25.0 Å². The van der Waals surface area contributed by atoms with Crippen LogP contribution >= 0.6 is 0 Å². The number of anilines is 2. The minimum absolute atomic E-state index is 0.243. The maximum Gasteiger partial charge on any atom is 0.341 e. The number of methoxy groups -OCH3 is 1. The van der Waals surface area contributed by atoms with Gasteiger partial charge in [0, 0.05) is 31.5 Å². The lowest BCUT2D eigenvalue weighted by Gasteiger charge is -2.18. The van der Waals surface area contributed by atoms with Crippen molar-refractivity contribution in [3.05, 3.63) is 48.5 Å². The highest BCUT2D eigenvalue weighted by Gasteiger charge is 2.50. The van der Waals surface area contributed by atoms with E-state index in [1.807, 2.05) is 43.3 Å². The first-order valence-electron chi connectivity index (χ1n) is 11.2. The Hall–Kier alpha value is -3.90. The van der Waals surface area contributed by atoms with Gasteiger partial charge in [-0.05, 0) is 46.8 Å². The molecule has 0 radical (unpaired) electrons. The van der Waals surface area contributed by atoms with Gasteiger partial charge in [-0.2, -0.15) is 4.68 Å². The standard InChI is InChI=1S/C23H27N7O5/c1-29(2)15-5-4-6-17(11-15)35-23-26-27-28-30(23)19-13-34-20-18(12-33-21(19)20)25-22(31)24-14-7-9-16(32-3)10-8-14/h4-11,18-21H,12-13H2,1-3H3,(H2,24,25,31)/t18-,19-,20+,21+/m0/s1. The highest BCUT2D eigenvalue weighted by Crippen LogP contribution is 2.36. The van der Waals surface area contributed by atoms with E-state index >= 15 is 0 Å². The minimum atomic E-state index is -0.344. The summed E-state index contributed by atoms with van der Waals surface area (Å²) in [6, 6.07) is 14.0. The predicted molar refractivity (Wildman–Crippen MR) is 126 cm³/mol. The molecule has 2 saturated heterocycles. The number of aromatic nitrogens is 4. The summed E-state index contributed by atoms with van der Waals surface area (Å²) in [6.07, 6.45) is -0.670. The van der Waals surface area contributed by atoms with Crippen LogP contribution in [-0.4, -0.2) is 78.9 Å². The zero-order chi connectivity index (χ0) is 24.4. The summed E-state index contributed by atoms with van der Waals surface area (Å²) < 4.78 is 24.7. The molecule has 5 rings (SSSR count). The topological polar surface area (TPSA) is 125 Å². The average molecular weight is 482 g/mol. The second kappa shape index (κ2) is 9.76. The van der Waals surface area contributed by atoms with Gasteiger partial charge in [-0.3, -0.25) is 0 Å². The van der Waals surface area contributed by atoms with Crippen LogP contribution in [0.1, 0.15) is 6.04 Å². The molecule has 2 aliphatic heterocycles. The number of rotatable bonds is 7. The van der Waals surface area contributed by atoms with Crippen LogP contribution in [0.25, 0.3) is 0 Å². The molecular formula is C23H27N7O5. The van der Waals surface area contributed by atoms with Gasteiger partial charge < -0.3 is 34.5 Å². The number of nitrogens with one attached hydrogen (secondary N) is 2. The molecule has 0 spiro atoms. The Balaban J connectivity index is 1.22. The first kappa shape index (κ1) is 22.9. The summed E-state index contributed by atoms with van der Waals surface area (Å²) in [6.45, 7) is 0.637.